The number of aromatic nitrogens is 3. The minimum absolute atomic E-state index is 0.405. The lowest BCUT2D eigenvalue weighted by Gasteiger charge is -2.24. The van der Waals surface area contributed by atoms with Gasteiger partial charge in [-0.3, -0.25) is 9.48 Å². The molecule has 0 spiro atoms. The van der Waals surface area contributed by atoms with Crippen molar-refractivity contribution in [1.29, 1.82) is 0 Å². The van der Waals surface area contributed by atoms with Gasteiger partial charge in [0.1, 0.15) is 12.0 Å². The van der Waals surface area contributed by atoms with Crippen molar-refractivity contribution in [3.05, 3.63) is 70.0 Å². The lowest BCUT2D eigenvalue weighted by Crippen LogP contribution is -2.13. The van der Waals surface area contributed by atoms with E-state index in [2.05, 4.69) is 28.8 Å². The summed E-state index contributed by atoms with van der Waals surface area (Å²) in [7, 11) is 3.09. The monoisotopic (exact) mass is 537 g/mol. The average Bonchev–Trinajstić information content (AvgIpc) is 3.44. The van der Waals surface area contributed by atoms with Crippen LogP contribution in [0.25, 0.3) is 33.8 Å². The van der Waals surface area contributed by atoms with E-state index < -0.39 is 5.97 Å². The number of nitrogens with zero attached hydrogens (tertiary/aromatic N) is 3. The van der Waals surface area contributed by atoms with Gasteiger partial charge in [-0.25, -0.2) is 4.79 Å². The lowest BCUT2D eigenvalue weighted by molar-refractivity contribution is 0.0586. The van der Waals surface area contributed by atoms with Gasteiger partial charge in [0.25, 0.3) is 0 Å². The standard InChI is InChI=1S/C33H35N3O4/c1-5-36-32(33(38)40-4)29(20(2)34-36)24-16-23-17-25(39-3)12-14-26(23)31-30(22-9-7-6-8-10-22)27-13-11-21(19-37)15-28(27)35(31)18-24/h11-17,19,22H,5-10,18H2,1-4H3. The van der Waals surface area contributed by atoms with E-state index in [1.165, 1.54) is 43.0 Å². The van der Waals surface area contributed by atoms with Crippen LogP contribution < -0.4 is 4.74 Å². The summed E-state index contributed by atoms with van der Waals surface area (Å²) >= 11 is 0. The normalized spacial score (nSPS) is 15.2. The van der Waals surface area contributed by atoms with Crippen LogP contribution in [0.1, 0.15) is 88.2 Å². The Bertz CT molecular complexity index is 1670. The zero-order valence-corrected chi connectivity index (χ0v) is 23.6. The Morgan fingerprint density at radius 3 is 2.60 bits per heavy atom. The zero-order valence-electron chi connectivity index (χ0n) is 23.6. The zero-order chi connectivity index (χ0) is 28.0. The minimum Gasteiger partial charge on any atom is -0.497 e. The molecular weight excluding hydrogens is 502 g/mol. The summed E-state index contributed by atoms with van der Waals surface area (Å²) in [4.78, 5) is 25.0. The van der Waals surface area contributed by atoms with E-state index in [1.54, 1.807) is 11.8 Å². The van der Waals surface area contributed by atoms with Crippen LogP contribution in [0.3, 0.4) is 0 Å². The molecule has 0 atom stereocenters. The van der Waals surface area contributed by atoms with Crippen molar-refractivity contribution in [3.8, 4) is 17.0 Å². The molecule has 0 N–H and O–H groups in total. The smallest absolute Gasteiger partial charge is 0.356 e. The van der Waals surface area contributed by atoms with Gasteiger partial charge in [0.2, 0.25) is 0 Å². The second-order valence-electron chi connectivity index (χ2n) is 10.8. The SMILES string of the molecule is CCn1nc(C)c(C2=Cc3cc(OC)ccc3-c3c(C4CCCCC4)c4ccc(C=O)cc4n3C2)c1C(=O)OC. The molecule has 7 nitrogen and oxygen atoms in total. The number of aldehydes is 1. The third kappa shape index (κ3) is 4.15. The van der Waals surface area contributed by atoms with Gasteiger partial charge in [0, 0.05) is 40.7 Å². The Labute approximate surface area is 234 Å². The summed E-state index contributed by atoms with van der Waals surface area (Å²) in [6, 6.07) is 12.3. The number of allylic oxidation sites excluding steroid dienone is 1. The number of benzene rings is 2. The molecule has 0 radical (unpaired) electrons. The number of aryl methyl sites for hydroxylation is 2. The van der Waals surface area contributed by atoms with Crippen molar-refractivity contribution in [2.24, 2.45) is 0 Å². The molecule has 2 aliphatic rings. The van der Waals surface area contributed by atoms with E-state index in [9.17, 15) is 9.59 Å². The van der Waals surface area contributed by atoms with Crippen molar-refractivity contribution in [2.75, 3.05) is 14.2 Å². The first-order chi connectivity index (χ1) is 19.5. The first-order valence-electron chi connectivity index (χ1n) is 14.1. The van der Waals surface area contributed by atoms with Gasteiger partial charge in [0.05, 0.1) is 25.6 Å². The van der Waals surface area contributed by atoms with Crippen LogP contribution in [-0.4, -0.2) is 40.8 Å². The van der Waals surface area contributed by atoms with Crippen LogP contribution in [-0.2, 0) is 17.8 Å². The molecule has 2 aromatic carbocycles. The summed E-state index contributed by atoms with van der Waals surface area (Å²) in [5.41, 5.74) is 9.39. The van der Waals surface area contributed by atoms with Gasteiger partial charge in [-0.15, -0.1) is 0 Å². The van der Waals surface area contributed by atoms with Crippen molar-refractivity contribution >= 4 is 34.8 Å². The maximum atomic E-state index is 13.1. The molecule has 1 saturated carbocycles. The van der Waals surface area contributed by atoms with Gasteiger partial charge in [-0.1, -0.05) is 31.4 Å². The van der Waals surface area contributed by atoms with Crippen molar-refractivity contribution < 1.29 is 19.1 Å². The van der Waals surface area contributed by atoms with Crippen molar-refractivity contribution in [3.63, 3.8) is 0 Å². The van der Waals surface area contributed by atoms with Gasteiger partial charge < -0.3 is 14.0 Å². The van der Waals surface area contributed by atoms with E-state index in [-0.39, 0.29) is 0 Å². The molecule has 7 heteroatoms. The molecule has 0 unspecified atom stereocenters. The molecule has 4 aromatic rings. The third-order valence-electron chi connectivity index (χ3n) is 8.58. The molecule has 2 aromatic heterocycles. The predicted octanol–water partition coefficient (Wildman–Crippen LogP) is 7.04. The fraction of sp³-hybridized carbons (Fsp3) is 0.364. The molecule has 1 fully saturated rings. The second kappa shape index (κ2) is 10.5. The van der Waals surface area contributed by atoms with Crippen LogP contribution in [0.5, 0.6) is 5.75 Å². The molecule has 6 rings (SSSR count). The summed E-state index contributed by atoms with van der Waals surface area (Å²) in [6.45, 7) is 4.99. The van der Waals surface area contributed by atoms with E-state index in [0.717, 1.165) is 58.4 Å². The summed E-state index contributed by atoms with van der Waals surface area (Å²) in [5, 5.41) is 5.91. The Morgan fingerprint density at radius 1 is 1.10 bits per heavy atom. The van der Waals surface area contributed by atoms with Crippen LogP contribution in [0.2, 0.25) is 0 Å². The molecule has 3 heterocycles. The number of carbonyl (C=O) groups excluding carboxylic acids is 2. The second-order valence-corrected chi connectivity index (χ2v) is 10.8. The molecule has 1 aliphatic heterocycles. The molecular formula is C33H35N3O4. The van der Waals surface area contributed by atoms with E-state index in [1.807, 2.05) is 32.0 Å². The highest BCUT2D eigenvalue weighted by Crippen LogP contribution is 2.48. The van der Waals surface area contributed by atoms with E-state index >= 15 is 0 Å². The molecule has 1 aliphatic carbocycles. The molecule has 0 saturated heterocycles. The van der Waals surface area contributed by atoms with Gasteiger partial charge in [0.15, 0.2) is 5.69 Å². The van der Waals surface area contributed by atoms with Gasteiger partial charge >= 0.3 is 5.97 Å². The number of hydrogen-bond donors (Lipinski definition) is 0. The maximum Gasteiger partial charge on any atom is 0.356 e. The Morgan fingerprint density at radius 2 is 1.90 bits per heavy atom. The largest absolute Gasteiger partial charge is 0.497 e. The van der Waals surface area contributed by atoms with E-state index in [4.69, 9.17) is 14.6 Å². The number of rotatable bonds is 6. The van der Waals surface area contributed by atoms with Crippen molar-refractivity contribution in [1.82, 2.24) is 14.3 Å². The Balaban J connectivity index is 1.69. The van der Waals surface area contributed by atoms with Gasteiger partial charge in [-0.2, -0.15) is 5.10 Å². The predicted molar refractivity (Wildman–Crippen MR) is 157 cm³/mol. The number of ether oxygens (including phenoxy) is 2. The first-order valence-corrected chi connectivity index (χ1v) is 14.1. The lowest BCUT2D eigenvalue weighted by atomic mass is 9.81. The fourth-order valence-corrected chi connectivity index (χ4v) is 6.78. The molecule has 206 valence electrons. The topological polar surface area (TPSA) is 75.4 Å². The van der Waals surface area contributed by atoms with Crippen LogP contribution in [0.15, 0.2) is 36.4 Å². The summed E-state index contributed by atoms with van der Waals surface area (Å²) in [6.07, 6.45) is 9.11. The molecule has 40 heavy (non-hydrogen) atoms. The van der Waals surface area contributed by atoms with E-state index in [0.29, 0.717) is 30.3 Å². The minimum atomic E-state index is -0.405. The fourth-order valence-electron chi connectivity index (χ4n) is 6.78. The highest BCUT2D eigenvalue weighted by atomic mass is 16.5. The highest BCUT2D eigenvalue weighted by Gasteiger charge is 2.32. The highest BCUT2D eigenvalue weighted by molar-refractivity contribution is 6.02. The summed E-state index contributed by atoms with van der Waals surface area (Å²) < 4.78 is 14.9. The van der Waals surface area contributed by atoms with Crippen molar-refractivity contribution in [2.45, 2.75) is 65.0 Å². The quantitative estimate of drug-likeness (QED) is 0.195. The number of carbonyl (C=O) groups is 2. The molecule has 0 bridgehead atoms. The van der Waals surface area contributed by atoms with Crippen LogP contribution in [0.4, 0.5) is 0 Å². The summed E-state index contributed by atoms with van der Waals surface area (Å²) in [5.74, 6) is 0.814. The average molecular weight is 538 g/mol. The number of esters is 1. The third-order valence-corrected chi connectivity index (χ3v) is 8.58. The molecule has 0 amide bonds. The van der Waals surface area contributed by atoms with Crippen LogP contribution in [0, 0.1) is 6.92 Å². The Hall–Kier alpha value is -4.13. The Kier molecular flexibility index (Phi) is 6.82. The van der Waals surface area contributed by atoms with Crippen LogP contribution >= 0.6 is 0 Å². The number of fused-ring (bicyclic) bond motifs is 5. The number of methoxy groups -OCH3 is 2. The number of hydrogen-bond acceptors (Lipinski definition) is 5. The maximum absolute atomic E-state index is 13.1. The first kappa shape index (κ1) is 26.1. The van der Waals surface area contributed by atoms with Gasteiger partial charge in [-0.05, 0) is 79.6 Å².